The first-order valence-corrected chi connectivity index (χ1v) is 6.18. The Bertz CT molecular complexity index is 375. The van der Waals surface area contributed by atoms with Gasteiger partial charge >= 0.3 is 0 Å². The van der Waals surface area contributed by atoms with Gasteiger partial charge in [0, 0.05) is 19.1 Å². The smallest absolute Gasteiger partial charge is 0.126 e. The summed E-state index contributed by atoms with van der Waals surface area (Å²) in [6.45, 7) is 6.04. The van der Waals surface area contributed by atoms with E-state index in [1.807, 2.05) is 13.8 Å². The van der Waals surface area contributed by atoms with Crippen LogP contribution in [0.1, 0.15) is 32.8 Å². The Kier molecular flexibility index (Phi) is 5.23. The molecule has 0 heterocycles. The van der Waals surface area contributed by atoms with Gasteiger partial charge in [-0.25, -0.2) is 8.78 Å². The second-order valence-corrected chi connectivity index (χ2v) is 4.60. The third-order valence-electron chi connectivity index (χ3n) is 3.23. The zero-order chi connectivity index (χ0) is 13.8. The maximum Gasteiger partial charge on any atom is 0.126 e. The fourth-order valence-electron chi connectivity index (χ4n) is 1.93. The Morgan fingerprint density at radius 3 is 2.22 bits per heavy atom. The van der Waals surface area contributed by atoms with Crippen molar-refractivity contribution in [3.8, 4) is 0 Å². The molecule has 102 valence electrons. The normalized spacial score (nSPS) is 16.3. The maximum absolute atomic E-state index is 13.1. The van der Waals surface area contributed by atoms with Crippen molar-refractivity contribution in [2.24, 2.45) is 0 Å². The highest BCUT2D eigenvalue weighted by Gasteiger charge is 2.31. The second kappa shape index (κ2) is 6.25. The Labute approximate surface area is 107 Å². The second-order valence-electron chi connectivity index (χ2n) is 4.60. The summed E-state index contributed by atoms with van der Waals surface area (Å²) < 4.78 is 31.6. The van der Waals surface area contributed by atoms with E-state index in [0.29, 0.717) is 18.6 Å². The van der Waals surface area contributed by atoms with Crippen molar-refractivity contribution < 1.29 is 18.6 Å². The summed E-state index contributed by atoms with van der Waals surface area (Å²) in [5.74, 6) is -1.27. The van der Waals surface area contributed by atoms with Gasteiger partial charge in [0.05, 0.1) is 11.7 Å². The van der Waals surface area contributed by atoms with Crippen LogP contribution in [-0.4, -0.2) is 23.4 Å². The van der Waals surface area contributed by atoms with Gasteiger partial charge in [-0.2, -0.15) is 0 Å². The number of benzene rings is 1. The number of aliphatic hydroxyl groups excluding tert-OH is 1. The SMILES string of the molecule is CCOC(C)(CC)C(O)Cc1cc(F)cc(F)c1. The number of hydrogen-bond donors (Lipinski definition) is 1. The third kappa shape index (κ3) is 3.75. The fraction of sp³-hybridized carbons (Fsp3) is 0.571. The summed E-state index contributed by atoms with van der Waals surface area (Å²) in [5.41, 5.74) is -0.267. The Hall–Kier alpha value is -1.00. The van der Waals surface area contributed by atoms with E-state index in [1.165, 1.54) is 12.1 Å². The molecular weight excluding hydrogens is 238 g/mol. The lowest BCUT2D eigenvalue weighted by molar-refractivity contribution is -0.110. The lowest BCUT2D eigenvalue weighted by Gasteiger charge is -2.33. The van der Waals surface area contributed by atoms with Crippen LogP contribution in [0, 0.1) is 11.6 Å². The van der Waals surface area contributed by atoms with E-state index in [1.54, 1.807) is 6.92 Å². The van der Waals surface area contributed by atoms with Crippen molar-refractivity contribution in [3.63, 3.8) is 0 Å². The van der Waals surface area contributed by atoms with Gasteiger partial charge in [-0.15, -0.1) is 0 Å². The van der Waals surface area contributed by atoms with E-state index < -0.39 is 23.3 Å². The average molecular weight is 258 g/mol. The number of ether oxygens (including phenoxy) is 1. The first-order valence-electron chi connectivity index (χ1n) is 6.18. The van der Waals surface area contributed by atoms with Gasteiger partial charge in [0.25, 0.3) is 0 Å². The Morgan fingerprint density at radius 1 is 1.22 bits per heavy atom. The summed E-state index contributed by atoms with van der Waals surface area (Å²) in [4.78, 5) is 0. The van der Waals surface area contributed by atoms with E-state index in [9.17, 15) is 13.9 Å². The maximum atomic E-state index is 13.1. The molecule has 0 aliphatic heterocycles. The molecular formula is C14H20F2O2. The summed E-state index contributed by atoms with van der Waals surface area (Å²) in [6, 6.07) is 3.28. The van der Waals surface area contributed by atoms with Gasteiger partial charge < -0.3 is 9.84 Å². The van der Waals surface area contributed by atoms with Crippen molar-refractivity contribution in [2.75, 3.05) is 6.61 Å². The van der Waals surface area contributed by atoms with Crippen LogP contribution in [0.25, 0.3) is 0 Å². The molecule has 1 rings (SSSR count). The van der Waals surface area contributed by atoms with Gasteiger partial charge in [-0.1, -0.05) is 6.92 Å². The van der Waals surface area contributed by atoms with Gasteiger partial charge in [0.2, 0.25) is 0 Å². The van der Waals surface area contributed by atoms with Gasteiger partial charge in [0.1, 0.15) is 11.6 Å². The quantitative estimate of drug-likeness (QED) is 0.849. The number of halogens is 2. The number of hydrogen-bond acceptors (Lipinski definition) is 2. The largest absolute Gasteiger partial charge is 0.390 e. The van der Waals surface area contributed by atoms with E-state index in [2.05, 4.69) is 0 Å². The summed E-state index contributed by atoms with van der Waals surface area (Å²) >= 11 is 0. The summed E-state index contributed by atoms with van der Waals surface area (Å²) in [7, 11) is 0. The molecule has 1 aromatic rings. The monoisotopic (exact) mass is 258 g/mol. The molecule has 0 saturated heterocycles. The molecule has 0 bridgehead atoms. The molecule has 0 amide bonds. The molecule has 18 heavy (non-hydrogen) atoms. The third-order valence-corrected chi connectivity index (χ3v) is 3.23. The zero-order valence-corrected chi connectivity index (χ0v) is 11.0. The molecule has 0 aliphatic rings. The Balaban J connectivity index is 2.82. The highest BCUT2D eigenvalue weighted by atomic mass is 19.1. The predicted molar refractivity (Wildman–Crippen MR) is 66.4 cm³/mol. The molecule has 0 saturated carbocycles. The molecule has 0 fully saturated rings. The van der Waals surface area contributed by atoms with Gasteiger partial charge in [0.15, 0.2) is 0 Å². The minimum absolute atomic E-state index is 0.166. The van der Waals surface area contributed by atoms with E-state index >= 15 is 0 Å². The lowest BCUT2D eigenvalue weighted by Crippen LogP contribution is -2.43. The summed E-state index contributed by atoms with van der Waals surface area (Å²) in [6.07, 6.45) is -0.0117. The highest BCUT2D eigenvalue weighted by Crippen LogP contribution is 2.23. The first kappa shape index (κ1) is 15.1. The summed E-state index contributed by atoms with van der Waals surface area (Å²) in [5, 5.41) is 10.2. The molecule has 0 aliphatic carbocycles. The van der Waals surface area contributed by atoms with Crippen molar-refractivity contribution in [1.29, 1.82) is 0 Å². The molecule has 4 heteroatoms. The molecule has 2 unspecified atom stereocenters. The minimum Gasteiger partial charge on any atom is -0.390 e. The molecule has 0 aromatic heterocycles. The van der Waals surface area contributed by atoms with Crippen molar-refractivity contribution in [2.45, 2.75) is 45.3 Å². The van der Waals surface area contributed by atoms with Crippen LogP contribution in [-0.2, 0) is 11.2 Å². The Morgan fingerprint density at radius 2 is 1.78 bits per heavy atom. The molecule has 0 radical (unpaired) electrons. The van der Waals surface area contributed by atoms with Crippen LogP contribution in [0.3, 0.4) is 0 Å². The fourth-order valence-corrected chi connectivity index (χ4v) is 1.93. The highest BCUT2D eigenvalue weighted by molar-refractivity contribution is 5.19. The minimum atomic E-state index is -0.802. The molecule has 2 nitrogen and oxygen atoms in total. The van der Waals surface area contributed by atoms with Crippen molar-refractivity contribution >= 4 is 0 Å². The zero-order valence-electron chi connectivity index (χ0n) is 11.0. The average Bonchev–Trinajstić information content (AvgIpc) is 2.27. The molecule has 2 atom stereocenters. The first-order chi connectivity index (χ1) is 8.41. The van der Waals surface area contributed by atoms with Gasteiger partial charge in [-0.3, -0.25) is 0 Å². The van der Waals surface area contributed by atoms with Crippen LogP contribution in [0.2, 0.25) is 0 Å². The number of rotatable bonds is 6. The van der Waals surface area contributed by atoms with E-state index in [4.69, 9.17) is 4.74 Å². The molecule has 1 N–H and O–H groups in total. The van der Waals surface area contributed by atoms with Gasteiger partial charge in [-0.05, 0) is 38.0 Å². The van der Waals surface area contributed by atoms with Crippen molar-refractivity contribution in [1.82, 2.24) is 0 Å². The molecule has 1 aromatic carbocycles. The van der Waals surface area contributed by atoms with Crippen LogP contribution < -0.4 is 0 Å². The predicted octanol–water partition coefficient (Wildman–Crippen LogP) is 3.07. The van der Waals surface area contributed by atoms with Crippen LogP contribution >= 0.6 is 0 Å². The van der Waals surface area contributed by atoms with Crippen LogP contribution in [0.15, 0.2) is 18.2 Å². The van der Waals surface area contributed by atoms with Crippen LogP contribution in [0.5, 0.6) is 0 Å². The molecule has 0 spiro atoms. The van der Waals surface area contributed by atoms with E-state index in [0.717, 1.165) is 6.07 Å². The van der Waals surface area contributed by atoms with E-state index in [-0.39, 0.29) is 6.42 Å². The van der Waals surface area contributed by atoms with Crippen LogP contribution in [0.4, 0.5) is 8.78 Å². The topological polar surface area (TPSA) is 29.5 Å². The lowest BCUT2D eigenvalue weighted by atomic mass is 9.90. The van der Waals surface area contributed by atoms with Crippen molar-refractivity contribution in [3.05, 3.63) is 35.4 Å². The standard InChI is InChI=1S/C14H20F2O2/c1-4-14(3,18-5-2)13(17)8-10-6-11(15)9-12(16)7-10/h6-7,9,13,17H,4-5,8H2,1-3H3. The number of aliphatic hydroxyl groups is 1.